The molecule has 0 amide bonds. The van der Waals surface area contributed by atoms with E-state index in [9.17, 15) is 23.3 Å². The van der Waals surface area contributed by atoms with Crippen LogP contribution in [0.5, 0.6) is 5.75 Å². The van der Waals surface area contributed by atoms with Gasteiger partial charge >= 0.3 is 12.2 Å². The summed E-state index contributed by atoms with van der Waals surface area (Å²) >= 11 is 0. The first kappa shape index (κ1) is 13.2. The Balaban J connectivity index is 3.26. The van der Waals surface area contributed by atoms with Crippen LogP contribution in [0.4, 0.5) is 19.0 Å². The van der Waals surface area contributed by atoms with Crippen LogP contribution in [0.1, 0.15) is 11.3 Å². The molecule has 1 aromatic rings. The number of aliphatic hydroxyl groups excluding tert-OH is 1. The predicted molar refractivity (Wildman–Crippen MR) is 48.2 cm³/mol. The van der Waals surface area contributed by atoms with Gasteiger partial charge in [0, 0.05) is 18.6 Å². The molecule has 6 nitrogen and oxygen atoms in total. The van der Waals surface area contributed by atoms with Crippen LogP contribution in [-0.4, -0.2) is 21.4 Å². The molecular formula is C8H7F3N2O4. The van der Waals surface area contributed by atoms with Crippen molar-refractivity contribution in [3.05, 3.63) is 27.4 Å². The van der Waals surface area contributed by atoms with Crippen LogP contribution in [0.15, 0.2) is 6.07 Å². The SMILES string of the molecule is Cc1nc([N+](=O)[O-])cc(CO)c1OC(F)(F)F. The van der Waals surface area contributed by atoms with Crippen LogP contribution in [0, 0.1) is 17.0 Å². The zero-order valence-corrected chi connectivity index (χ0v) is 8.48. The number of hydrogen-bond acceptors (Lipinski definition) is 5. The molecule has 0 spiro atoms. The minimum Gasteiger partial charge on any atom is -0.401 e. The number of aromatic nitrogens is 1. The molecule has 0 atom stereocenters. The molecule has 94 valence electrons. The van der Waals surface area contributed by atoms with Gasteiger partial charge in [-0.15, -0.1) is 13.2 Å². The third-order valence-electron chi connectivity index (χ3n) is 1.78. The number of halogens is 3. The summed E-state index contributed by atoms with van der Waals surface area (Å²) in [6.45, 7) is 0.294. The molecule has 0 saturated heterocycles. The first-order valence-corrected chi connectivity index (χ1v) is 4.26. The van der Waals surface area contributed by atoms with Crippen molar-refractivity contribution >= 4 is 5.82 Å². The molecule has 0 aliphatic carbocycles. The first-order valence-electron chi connectivity index (χ1n) is 4.26. The molecule has 1 N–H and O–H groups in total. The van der Waals surface area contributed by atoms with Gasteiger partial charge < -0.3 is 20.0 Å². The molecule has 9 heteroatoms. The van der Waals surface area contributed by atoms with Gasteiger partial charge in [0.2, 0.25) is 0 Å². The van der Waals surface area contributed by atoms with E-state index in [-0.39, 0.29) is 11.3 Å². The van der Waals surface area contributed by atoms with E-state index in [2.05, 4.69) is 9.72 Å². The molecule has 17 heavy (non-hydrogen) atoms. The third kappa shape index (κ3) is 3.28. The summed E-state index contributed by atoms with van der Waals surface area (Å²) in [5, 5.41) is 19.3. The lowest BCUT2D eigenvalue weighted by Crippen LogP contribution is -2.19. The maximum atomic E-state index is 12.0. The van der Waals surface area contributed by atoms with Crippen molar-refractivity contribution in [3.63, 3.8) is 0 Å². The van der Waals surface area contributed by atoms with Crippen LogP contribution < -0.4 is 4.74 Å². The van der Waals surface area contributed by atoms with Gasteiger partial charge in [-0.05, 0) is 9.91 Å². The molecule has 1 heterocycles. The summed E-state index contributed by atoms with van der Waals surface area (Å²) in [6, 6.07) is 0.730. The second kappa shape index (κ2) is 4.53. The minimum absolute atomic E-state index is 0.319. The average Bonchev–Trinajstić information content (AvgIpc) is 2.18. The fourth-order valence-corrected chi connectivity index (χ4v) is 1.17. The van der Waals surface area contributed by atoms with E-state index < -0.39 is 29.5 Å². The second-order valence-electron chi connectivity index (χ2n) is 3.02. The first-order chi connectivity index (χ1) is 7.74. The van der Waals surface area contributed by atoms with Gasteiger partial charge in [0.1, 0.15) is 0 Å². The molecule has 0 aliphatic heterocycles. The Morgan fingerprint density at radius 3 is 2.59 bits per heavy atom. The van der Waals surface area contributed by atoms with Crippen LogP contribution in [-0.2, 0) is 6.61 Å². The van der Waals surface area contributed by atoms with E-state index in [1.165, 1.54) is 0 Å². The molecule has 0 radical (unpaired) electrons. The van der Waals surface area contributed by atoms with E-state index in [0.717, 1.165) is 13.0 Å². The number of alkyl halides is 3. The monoisotopic (exact) mass is 252 g/mol. The van der Waals surface area contributed by atoms with E-state index in [4.69, 9.17) is 5.11 Å². The average molecular weight is 252 g/mol. The maximum Gasteiger partial charge on any atom is 0.573 e. The van der Waals surface area contributed by atoms with Crippen molar-refractivity contribution in [1.82, 2.24) is 4.98 Å². The van der Waals surface area contributed by atoms with Gasteiger partial charge in [0.05, 0.1) is 6.61 Å². The lowest BCUT2D eigenvalue weighted by atomic mass is 10.2. The van der Waals surface area contributed by atoms with Crippen molar-refractivity contribution < 1.29 is 27.9 Å². The van der Waals surface area contributed by atoms with Crippen LogP contribution in [0.25, 0.3) is 0 Å². The van der Waals surface area contributed by atoms with Crippen LogP contribution in [0.2, 0.25) is 0 Å². The molecule has 0 aliphatic rings. The molecule has 0 fully saturated rings. The second-order valence-corrected chi connectivity index (χ2v) is 3.02. The van der Waals surface area contributed by atoms with Gasteiger partial charge in [0.15, 0.2) is 11.4 Å². The minimum atomic E-state index is -4.95. The summed E-state index contributed by atoms with van der Waals surface area (Å²) < 4.78 is 39.7. The number of ether oxygens (including phenoxy) is 1. The number of rotatable bonds is 3. The van der Waals surface area contributed by atoms with Crippen LogP contribution in [0.3, 0.4) is 0 Å². The van der Waals surface area contributed by atoms with Crippen LogP contribution >= 0.6 is 0 Å². The third-order valence-corrected chi connectivity index (χ3v) is 1.78. The topological polar surface area (TPSA) is 85.5 Å². The van der Waals surface area contributed by atoms with E-state index in [1.54, 1.807) is 0 Å². The number of nitrogens with zero attached hydrogens (tertiary/aromatic N) is 2. The molecule has 0 bridgehead atoms. The van der Waals surface area contributed by atoms with Crippen molar-refractivity contribution in [3.8, 4) is 5.75 Å². The summed E-state index contributed by atoms with van der Waals surface area (Å²) in [5.41, 5.74) is -0.665. The molecule has 1 aromatic heterocycles. The predicted octanol–water partition coefficient (Wildman–Crippen LogP) is 1.69. The van der Waals surface area contributed by atoms with Gasteiger partial charge in [-0.1, -0.05) is 0 Å². The van der Waals surface area contributed by atoms with Crippen molar-refractivity contribution in [2.24, 2.45) is 0 Å². The van der Waals surface area contributed by atoms with Crippen molar-refractivity contribution in [2.75, 3.05) is 0 Å². The fraction of sp³-hybridized carbons (Fsp3) is 0.375. The number of pyridine rings is 1. The molecule has 0 unspecified atom stereocenters. The maximum absolute atomic E-state index is 12.0. The Hall–Kier alpha value is -1.90. The number of nitro groups is 1. The molecule has 0 saturated carbocycles. The Kier molecular flexibility index (Phi) is 3.51. The highest BCUT2D eigenvalue weighted by Gasteiger charge is 2.34. The Labute approximate surface area is 92.8 Å². The normalized spacial score (nSPS) is 11.4. The van der Waals surface area contributed by atoms with E-state index in [1.807, 2.05) is 0 Å². The fourth-order valence-electron chi connectivity index (χ4n) is 1.17. The Morgan fingerprint density at radius 2 is 2.18 bits per heavy atom. The van der Waals surface area contributed by atoms with Crippen molar-refractivity contribution in [1.29, 1.82) is 0 Å². The highest BCUT2D eigenvalue weighted by Crippen LogP contribution is 2.31. The Bertz CT molecular complexity index is 447. The number of aryl methyl sites for hydroxylation is 1. The lowest BCUT2D eigenvalue weighted by molar-refractivity contribution is -0.389. The summed E-state index contributed by atoms with van der Waals surface area (Å²) in [4.78, 5) is 12.9. The smallest absolute Gasteiger partial charge is 0.401 e. The standard InChI is InChI=1S/C8H7F3N2O4/c1-4-7(17-8(9,10)11)5(3-14)2-6(12-4)13(15)16/h2,14H,3H2,1H3. The zero-order valence-electron chi connectivity index (χ0n) is 8.48. The number of aliphatic hydroxyl groups is 1. The van der Waals surface area contributed by atoms with E-state index >= 15 is 0 Å². The summed E-state index contributed by atoms with van der Waals surface area (Å²) in [5.74, 6) is -1.37. The lowest BCUT2D eigenvalue weighted by Gasteiger charge is -2.12. The van der Waals surface area contributed by atoms with E-state index in [0.29, 0.717) is 0 Å². The van der Waals surface area contributed by atoms with Gasteiger partial charge in [-0.25, -0.2) is 0 Å². The zero-order chi connectivity index (χ0) is 13.2. The molecule has 1 rings (SSSR count). The van der Waals surface area contributed by atoms with Gasteiger partial charge in [0.25, 0.3) is 0 Å². The largest absolute Gasteiger partial charge is 0.573 e. The highest BCUT2D eigenvalue weighted by atomic mass is 19.4. The van der Waals surface area contributed by atoms with Gasteiger partial charge in [-0.2, -0.15) is 0 Å². The highest BCUT2D eigenvalue weighted by molar-refractivity contribution is 5.42. The number of hydrogen-bond donors (Lipinski definition) is 1. The molecular weight excluding hydrogens is 245 g/mol. The van der Waals surface area contributed by atoms with Gasteiger partial charge in [-0.3, -0.25) is 0 Å². The Morgan fingerprint density at radius 1 is 1.59 bits per heavy atom. The molecule has 0 aromatic carbocycles. The van der Waals surface area contributed by atoms with Crippen molar-refractivity contribution in [2.45, 2.75) is 19.9 Å². The quantitative estimate of drug-likeness (QED) is 0.653. The summed E-state index contributed by atoms with van der Waals surface area (Å²) in [6.07, 6.45) is -4.95. The summed E-state index contributed by atoms with van der Waals surface area (Å²) in [7, 11) is 0.